The van der Waals surface area contributed by atoms with E-state index in [0.29, 0.717) is 13.2 Å². The molecule has 0 bridgehead atoms. The summed E-state index contributed by atoms with van der Waals surface area (Å²) in [6.07, 6.45) is 3.14. The van der Waals surface area contributed by atoms with Crippen LogP contribution in [-0.4, -0.2) is 13.1 Å². The zero-order chi connectivity index (χ0) is 17.5. The maximum Gasteiger partial charge on any atom is 0.330 e. The van der Waals surface area contributed by atoms with E-state index in [9.17, 15) is 4.79 Å². The van der Waals surface area contributed by atoms with Crippen LogP contribution in [0.2, 0.25) is 0 Å². The van der Waals surface area contributed by atoms with Crippen LogP contribution in [0.3, 0.4) is 0 Å². The van der Waals surface area contributed by atoms with Gasteiger partial charge in [-0.15, -0.1) is 0 Å². The predicted octanol–water partition coefficient (Wildman–Crippen LogP) is 4.74. The summed E-state index contributed by atoms with van der Waals surface area (Å²) < 4.78 is 10.4. The van der Waals surface area contributed by atoms with E-state index < -0.39 is 0 Å². The van der Waals surface area contributed by atoms with Gasteiger partial charge in [-0.25, -0.2) is 4.79 Å². The van der Waals surface area contributed by atoms with Crippen LogP contribution < -0.4 is 0 Å². The van der Waals surface area contributed by atoms with Gasteiger partial charge in [0.25, 0.3) is 0 Å². The van der Waals surface area contributed by atoms with Crippen molar-refractivity contribution in [2.24, 2.45) is 0 Å². The maximum absolute atomic E-state index is 11.1. The average molecular weight is 332 g/mol. The molecule has 0 aliphatic rings. The van der Waals surface area contributed by atoms with Crippen LogP contribution in [-0.2, 0) is 27.5 Å². The van der Waals surface area contributed by atoms with Crippen molar-refractivity contribution in [2.45, 2.75) is 13.2 Å². The standard InChI is InChI=1S/C22H20O3/c1-24-22(23)13-11-17-6-8-18(9-7-17)15-25-16-19-10-12-20-4-2-3-5-21(20)14-19/h2-14H,15-16H2,1H3/b13-11+. The van der Waals surface area contributed by atoms with E-state index in [0.717, 1.165) is 16.7 Å². The van der Waals surface area contributed by atoms with Crippen molar-refractivity contribution >= 4 is 22.8 Å². The predicted molar refractivity (Wildman–Crippen MR) is 99.9 cm³/mol. The Kier molecular flexibility index (Phi) is 5.60. The molecule has 3 aromatic rings. The minimum absolute atomic E-state index is 0.359. The Morgan fingerprint density at radius 2 is 1.56 bits per heavy atom. The molecule has 0 N–H and O–H groups in total. The highest BCUT2D eigenvalue weighted by atomic mass is 16.5. The minimum Gasteiger partial charge on any atom is -0.466 e. The zero-order valence-corrected chi connectivity index (χ0v) is 14.1. The third-order valence-electron chi connectivity index (χ3n) is 3.94. The minimum atomic E-state index is -0.359. The smallest absolute Gasteiger partial charge is 0.330 e. The Morgan fingerprint density at radius 1 is 0.880 bits per heavy atom. The normalized spacial score (nSPS) is 11.1. The summed E-state index contributed by atoms with van der Waals surface area (Å²) in [7, 11) is 1.36. The number of hydrogen-bond acceptors (Lipinski definition) is 3. The fourth-order valence-electron chi connectivity index (χ4n) is 2.57. The number of rotatable bonds is 6. The molecule has 0 unspecified atom stereocenters. The fraction of sp³-hybridized carbons (Fsp3) is 0.136. The summed E-state index contributed by atoms with van der Waals surface area (Å²) in [6, 6.07) is 22.6. The summed E-state index contributed by atoms with van der Waals surface area (Å²) in [4.78, 5) is 11.1. The van der Waals surface area contributed by atoms with Crippen LogP contribution in [0.5, 0.6) is 0 Å². The molecule has 0 aromatic heterocycles. The summed E-state index contributed by atoms with van der Waals surface area (Å²) >= 11 is 0. The molecule has 0 atom stereocenters. The highest BCUT2D eigenvalue weighted by molar-refractivity contribution is 5.86. The lowest BCUT2D eigenvalue weighted by molar-refractivity contribution is -0.134. The monoisotopic (exact) mass is 332 g/mol. The molecule has 0 fully saturated rings. The van der Waals surface area contributed by atoms with E-state index in [1.807, 2.05) is 36.4 Å². The van der Waals surface area contributed by atoms with Gasteiger partial charge in [0.15, 0.2) is 0 Å². The molecular formula is C22H20O3. The molecule has 0 amide bonds. The molecule has 3 rings (SSSR count). The van der Waals surface area contributed by atoms with Crippen molar-refractivity contribution in [3.05, 3.63) is 89.5 Å². The molecule has 0 aliphatic carbocycles. The van der Waals surface area contributed by atoms with Gasteiger partial charge in [-0.3, -0.25) is 0 Å². The molecule has 0 saturated carbocycles. The van der Waals surface area contributed by atoms with Crippen molar-refractivity contribution in [2.75, 3.05) is 7.11 Å². The zero-order valence-electron chi connectivity index (χ0n) is 14.1. The lowest BCUT2D eigenvalue weighted by atomic mass is 10.1. The molecule has 3 nitrogen and oxygen atoms in total. The molecule has 0 radical (unpaired) electrons. The molecule has 126 valence electrons. The second-order valence-electron chi connectivity index (χ2n) is 5.77. The van der Waals surface area contributed by atoms with Gasteiger partial charge in [0.05, 0.1) is 20.3 Å². The van der Waals surface area contributed by atoms with Crippen LogP contribution in [0.4, 0.5) is 0 Å². The topological polar surface area (TPSA) is 35.5 Å². The number of carbonyl (C=O) groups excluding carboxylic acids is 1. The first-order valence-corrected chi connectivity index (χ1v) is 8.15. The van der Waals surface area contributed by atoms with Gasteiger partial charge < -0.3 is 9.47 Å². The van der Waals surface area contributed by atoms with Gasteiger partial charge in [-0.2, -0.15) is 0 Å². The number of methoxy groups -OCH3 is 1. The van der Waals surface area contributed by atoms with Gasteiger partial charge in [0, 0.05) is 6.08 Å². The summed E-state index contributed by atoms with van der Waals surface area (Å²) in [6.45, 7) is 1.13. The lowest BCUT2D eigenvalue weighted by Gasteiger charge is -2.06. The largest absolute Gasteiger partial charge is 0.466 e. The number of hydrogen-bond donors (Lipinski definition) is 0. The second-order valence-corrected chi connectivity index (χ2v) is 5.77. The molecule has 25 heavy (non-hydrogen) atoms. The van der Waals surface area contributed by atoms with Crippen LogP contribution in [0.1, 0.15) is 16.7 Å². The Balaban J connectivity index is 1.54. The molecule has 0 spiro atoms. The van der Waals surface area contributed by atoms with Crippen molar-refractivity contribution in [1.29, 1.82) is 0 Å². The number of esters is 1. The molecular weight excluding hydrogens is 312 g/mol. The van der Waals surface area contributed by atoms with E-state index in [-0.39, 0.29) is 5.97 Å². The van der Waals surface area contributed by atoms with E-state index in [2.05, 4.69) is 35.1 Å². The Labute approximate surface area is 147 Å². The van der Waals surface area contributed by atoms with Crippen LogP contribution in [0.15, 0.2) is 72.8 Å². The molecule has 3 heteroatoms. The first kappa shape index (κ1) is 16.9. The van der Waals surface area contributed by atoms with Gasteiger partial charge in [-0.05, 0) is 39.6 Å². The molecule has 0 saturated heterocycles. The summed E-state index contributed by atoms with van der Waals surface area (Å²) in [5.41, 5.74) is 3.20. The van der Waals surface area contributed by atoms with E-state index in [4.69, 9.17) is 4.74 Å². The summed E-state index contributed by atoms with van der Waals surface area (Å²) in [5, 5.41) is 2.46. The Hall–Kier alpha value is -2.91. The maximum atomic E-state index is 11.1. The van der Waals surface area contributed by atoms with Crippen molar-refractivity contribution < 1.29 is 14.3 Å². The first-order valence-electron chi connectivity index (χ1n) is 8.15. The quantitative estimate of drug-likeness (QED) is 0.483. The number of benzene rings is 3. The fourth-order valence-corrected chi connectivity index (χ4v) is 2.57. The highest BCUT2D eigenvalue weighted by Crippen LogP contribution is 2.16. The van der Waals surface area contributed by atoms with E-state index in [1.54, 1.807) is 6.08 Å². The van der Waals surface area contributed by atoms with Gasteiger partial charge in [0.1, 0.15) is 0 Å². The number of carbonyl (C=O) groups is 1. The molecule has 0 aliphatic heterocycles. The SMILES string of the molecule is COC(=O)/C=C/c1ccc(COCc2ccc3ccccc3c2)cc1. The Bertz CT molecular complexity index is 879. The molecule has 0 heterocycles. The van der Waals surface area contributed by atoms with Crippen LogP contribution in [0, 0.1) is 0 Å². The van der Waals surface area contributed by atoms with Gasteiger partial charge in [0.2, 0.25) is 0 Å². The van der Waals surface area contributed by atoms with Gasteiger partial charge in [-0.1, -0.05) is 60.7 Å². The third kappa shape index (κ3) is 4.78. The second kappa shape index (κ2) is 8.27. The third-order valence-corrected chi connectivity index (χ3v) is 3.94. The first-order chi connectivity index (χ1) is 12.2. The molecule has 3 aromatic carbocycles. The van der Waals surface area contributed by atoms with Crippen LogP contribution in [0.25, 0.3) is 16.8 Å². The van der Waals surface area contributed by atoms with Crippen LogP contribution >= 0.6 is 0 Å². The Morgan fingerprint density at radius 3 is 2.32 bits per heavy atom. The van der Waals surface area contributed by atoms with Crippen molar-refractivity contribution in [1.82, 2.24) is 0 Å². The number of fused-ring (bicyclic) bond motifs is 1. The number of ether oxygens (including phenoxy) is 2. The van der Waals surface area contributed by atoms with E-state index >= 15 is 0 Å². The van der Waals surface area contributed by atoms with Gasteiger partial charge >= 0.3 is 5.97 Å². The summed E-state index contributed by atoms with van der Waals surface area (Å²) in [5.74, 6) is -0.359. The van der Waals surface area contributed by atoms with E-state index in [1.165, 1.54) is 24.0 Å². The lowest BCUT2D eigenvalue weighted by Crippen LogP contribution is -1.95. The van der Waals surface area contributed by atoms with Crippen molar-refractivity contribution in [3.63, 3.8) is 0 Å². The van der Waals surface area contributed by atoms with Crippen molar-refractivity contribution in [3.8, 4) is 0 Å². The average Bonchev–Trinajstić information content (AvgIpc) is 2.67. The highest BCUT2D eigenvalue weighted by Gasteiger charge is 1.99.